The molecule has 1 aliphatic carbocycles. The van der Waals surface area contributed by atoms with E-state index in [1.807, 2.05) is 36.6 Å². The van der Waals surface area contributed by atoms with Gasteiger partial charge in [0, 0.05) is 10.8 Å². The van der Waals surface area contributed by atoms with E-state index in [1.54, 1.807) is 17.6 Å². The lowest BCUT2D eigenvalue weighted by Gasteiger charge is -2.12. The van der Waals surface area contributed by atoms with Crippen molar-refractivity contribution in [2.24, 2.45) is 0 Å². The zero-order chi connectivity index (χ0) is 17.9. The predicted molar refractivity (Wildman–Crippen MR) is 101 cm³/mol. The number of rotatable bonds is 8. The van der Waals surface area contributed by atoms with Crippen molar-refractivity contribution in [2.75, 3.05) is 5.75 Å². The molecule has 3 aromatic rings. The Balaban J connectivity index is 1.40. The minimum absolute atomic E-state index is 0.00331. The quantitative estimate of drug-likeness (QED) is 0.594. The molecule has 1 saturated carbocycles. The van der Waals surface area contributed by atoms with Gasteiger partial charge in [-0.05, 0) is 43.3 Å². The first-order valence-electron chi connectivity index (χ1n) is 8.61. The molecule has 0 spiro atoms. The van der Waals surface area contributed by atoms with Crippen LogP contribution in [0.5, 0.6) is 0 Å². The maximum Gasteiger partial charge on any atom is 0.230 e. The van der Waals surface area contributed by atoms with Gasteiger partial charge >= 0.3 is 0 Å². The van der Waals surface area contributed by atoms with Gasteiger partial charge in [-0.25, -0.2) is 0 Å². The fraction of sp³-hybridized carbons (Fsp3) is 0.389. The van der Waals surface area contributed by atoms with Crippen LogP contribution in [0.15, 0.2) is 45.5 Å². The minimum Gasteiger partial charge on any atom is -0.467 e. The van der Waals surface area contributed by atoms with Gasteiger partial charge in [0.2, 0.25) is 5.91 Å². The van der Waals surface area contributed by atoms with Crippen molar-refractivity contribution in [1.29, 1.82) is 0 Å². The average molecular weight is 389 g/mol. The lowest BCUT2D eigenvalue weighted by molar-refractivity contribution is -0.119. The van der Waals surface area contributed by atoms with E-state index in [0.717, 1.165) is 34.5 Å². The van der Waals surface area contributed by atoms with Gasteiger partial charge in [-0.2, -0.15) is 0 Å². The Morgan fingerprint density at radius 2 is 2.31 bits per heavy atom. The van der Waals surface area contributed by atoms with Crippen LogP contribution >= 0.6 is 23.1 Å². The number of hydrogen-bond donors (Lipinski definition) is 1. The number of thiophene rings is 1. The fourth-order valence-corrected chi connectivity index (χ4v) is 4.27. The molecule has 4 rings (SSSR count). The second-order valence-corrected chi connectivity index (χ2v) is 8.30. The SMILES string of the molecule is CC(NC(=O)CSc1nnc(C2CC2)n1Cc1ccco1)c1cccs1. The number of amides is 1. The molecule has 26 heavy (non-hydrogen) atoms. The third-order valence-corrected chi connectivity index (χ3v) is 6.28. The maximum absolute atomic E-state index is 12.3. The molecule has 1 unspecified atom stereocenters. The summed E-state index contributed by atoms with van der Waals surface area (Å²) in [6.45, 7) is 2.60. The van der Waals surface area contributed by atoms with Gasteiger partial charge in [-0.3, -0.25) is 9.36 Å². The number of nitrogens with one attached hydrogen (secondary N) is 1. The van der Waals surface area contributed by atoms with Crippen LogP contribution in [0, 0.1) is 0 Å². The number of aromatic nitrogens is 3. The molecule has 1 N–H and O–H groups in total. The van der Waals surface area contributed by atoms with E-state index in [1.165, 1.54) is 11.8 Å². The lowest BCUT2D eigenvalue weighted by Crippen LogP contribution is -2.27. The lowest BCUT2D eigenvalue weighted by atomic mass is 10.3. The van der Waals surface area contributed by atoms with E-state index in [9.17, 15) is 4.79 Å². The molecule has 3 heterocycles. The molecule has 1 atom stereocenters. The van der Waals surface area contributed by atoms with Crippen LogP contribution in [0.3, 0.4) is 0 Å². The summed E-state index contributed by atoms with van der Waals surface area (Å²) in [5, 5.41) is 14.5. The predicted octanol–water partition coefficient (Wildman–Crippen LogP) is 3.83. The summed E-state index contributed by atoms with van der Waals surface area (Å²) in [5.41, 5.74) is 0. The summed E-state index contributed by atoms with van der Waals surface area (Å²) >= 11 is 3.07. The van der Waals surface area contributed by atoms with Gasteiger partial charge in [-0.15, -0.1) is 21.5 Å². The van der Waals surface area contributed by atoms with E-state index in [4.69, 9.17) is 4.42 Å². The first kappa shape index (κ1) is 17.4. The zero-order valence-corrected chi connectivity index (χ0v) is 16.1. The number of thioether (sulfide) groups is 1. The van der Waals surface area contributed by atoms with Crippen LogP contribution in [0.25, 0.3) is 0 Å². The van der Waals surface area contributed by atoms with Crippen molar-refractivity contribution in [3.05, 3.63) is 52.4 Å². The van der Waals surface area contributed by atoms with Gasteiger partial charge in [-0.1, -0.05) is 17.8 Å². The molecular formula is C18H20N4O2S2. The van der Waals surface area contributed by atoms with Crippen molar-refractivity contribution in [1.82, 2.24) is 20.1 Å². The van der Waals surface area contributed by atoms with Gasteiger partial charge in [0.1, 0.15) is 11.6 Å². The smallest absolute Gasteiger partial charge is 0.230 e. The highest BCUT2D eigenvalue weighted by molar-refractivity contribution is 7.99. The van der Waals surface area contributed by atoms with Crippen LogP contribution in [-0.2, 0) is 11.3 Å². The molecular weight excluding hydrogens is 368 g/mol. The van der Waals surface area contributed by atoms with Crippen molar-refractivity contribution in [3.63, 3.8) is 0 Å². The average Bonchev–Trinajstić information content (AvgIpc) is 3.08. The Morgan fingerprint density at radius 1 is 1.42 bits per heavy atom. The highest BCUT2D eigenvalue weighted by Crippen LogP contribution is 2.40. The fourth-order valence-electron chi connectivity index (χ4n) is 2.78. The standard InChI is InChI=1S/C18H20N4O2S2/c1-12(15-5-3-9-25-15)19-16(23)11-26-18-21-20-17(13-6-7-13)22(18)10-14-4-2-8-24-14/h2-5,8-9,12-13H,6-7,10-11H2,1H3,(H,19,23). The third kappa shape index (κ3) is 4.02. The summed E-state index contributed by atoms with van der Waals surface area (Å²) in [6, 6.07) is 7.87. The normalized spacial score (nSPS) is 15.1. The Kier molecular flexibility index (Phi) is 5.12. The van der Waals surface area contributed by atoms with Gasteiger partial charge in [0.15, 0.2) is 5.16 Å². The Bertz CT molecular complexity index is 854. The van der Waals surface area contributed by atoms with Crippen LogP contribution in [0.2, 0.25) is 0 Å². The summed E-state index contributed by atoms with van der Waals surface area (Å²) in [5.74, 6) is 2.66. The Labute approximate surface area is 160 Å². The van der Waals surface area contributed by atoms with Crippen molar-refractivity contribution >= 4 is 29.0 Å². The number of carbonyl (C=O) groups is 1. The first-order chi connectivity index (χ1) is 12.7. The van der Waals surface area contributed by atoms with Crippen LogP contribution in [0.1, 0.15) is 48.2 Å². The number of carbonyl (C=O) groups excluding carboxylic acids is 1. The second kappa shape index (κ2) is 7.67. The van der Waals surface area contributed by atoms with E-state index in [-0.39, 0.29) is 11.9 Å². The van der Waals surface area contributed by atoms with Crippen LogP contribution in [-0.4, -0.2) is 26.4 Å². The van der Waals surface area contributed by atoms with E-state index < -0.39 is 0 Å². The molecule has 0 aromatic carbocycles. The third-order valence-electron chi connectivity index (χ3n) is 4.26. The zero-order valence-electron chi connectivity index (χ0n) is 14.4. The highest BCUT2D eigenvalue weighted by atomic mass is 32.2. The molecule has 0 aliphatic heterocycles. The number of furan rings is 1. The maximum atomic E-state index is 12.3. The highest BCUT2D eigenvalue weighted by Gasteiger charge is 2.30. The van der Waals surface area contributed by atoms with E-state index in [2.05, 4.69) is 20.1 Å². The molecule has 136 valence electrons. The molecule has 8 heteroatoms. The molecule has 1 fully saturated rings. The summed E-state index contributed by atoms with van der Waals surface area (Å²) < 4.78 is 7.55. The summed E-state index contributed by atoms with van der Waals surface area (Å²) in [4.78, 5) is 13.5. The Hall–Kier alpha value is -2.06. The van der Waals surface area contributed by atoms with E-state index in [0.29, 0.717) is 18.2 Å². The molecule has 0 radical (unpaired) electrons. The molecule has 1 aliphatic rings. The first-order valence-corrected chi connectivity index (χ1v) is 10.5. The van der Waals surface area contributed by atoms with Crippen LogP contribution in [0.4, 0.5) is 0 Å². The van der Waals surface area contributed by atoms with Crippen molar-refractivity contribution in [3.8, 4) is 0 Å². The van der Waals surface area contributed by atoms with Crippen molar-refractivity contribution in [2.45, 2.75) is 43.4 Å². The van der Waals surface area contributed by atoms with Gasteiger partial charge in [0.05, 0.1) is 24.6 Å². The van der Waals surface area contributed by atoms with Crippen molar-refractivity contribution < 1.29 is 9.21 Å². The monoisotopic (exact) mass is 388 g/mol. The molecule has 0 saturated heterocycles. The molecule has 6 nitrogen and oxygen atoms in total. The minimum atomic E-state index is -0.00331. The van der Waals surface area contributed by atoms with E-state index >= 15 is 0 Å². The van der Waals surface area contributed by atoms with Gasteiger partial charge < -0.3 is 9.73 Å². The molecule has 3 aromatic heterocycles. The number of hydrogen-bond acceptors (Lipinski definition) is 6. The molecule has 1 amide bonds. The summed E-state index contributed by atoms with van der Waals surface area (Å²) in [7, 11) is 0. The topological polar surface area (TPSA) is 73.0 Å². The largest absolute Gasteiger partial charge is 0.467 e. The summed E-state index contributed by atoms with van der Waals surface area (Å²) in [6.07, 6.45) is 3.97. The number of nitrogens with zero attached hydrogens (tertiary/aromatic N) is 3. The van der Waals surface area contributed by atoms with Gasteiger partial charge in [0.25, 0.3) is 0 Å². The second-order valence-electron chi connectivity index (χ2n) is 6.37. The Morgan fingerprint density at radius 3 is 3.00 bits per heavy atom. The van der Waals surface area contributed by atoms with Crippen LogP contribution < -0.4 is 5.32 Å². The molecule has 0 bridgehead atoms.